The molecule has 1 aromatic heterocycles. The normalized spacial score (nSPS) is 17.6. The van der Waals surface area contributed by atoms with Crippen molar-refractivity contribution in [2.45, 2.75) is 25.6 Å². The minimum Gasteiger partial charge on any atom is -0.351 e. The van der Waals surface area contributed by atoms with Gasteiger partial charge in [0.1, 0.15) is 0 Å². The molecule has 104 valence electrons. The van der Waals surface area contributed by atoms with Gasteiger partial charge in [0.25, 0.3) is 0 Å². The van der Waals surface area contributed by atoms with E-state index < -0.39 is 0 Å². The smallest absolute Gasteiger partial charge is 0.237 e. The van der Waals surface area contributed by atoms with E-state index in [0.29, 0.717) is 6.54 Å². The molecule has 0 spiro atoms. The van der Waals surface area contributed by atoms with Crippen molar-refractivity contribution in [2.24, 2.45) is 7.05 Å². The molecule has 1 aliphatic rings. The van der Waals surface area contributed by atoms with Crippen LogP contribution in [0.25, 0.3) is 0 Å². The van der Waals surface area contributed by atoms with Crippen molar-refractivity contribution in [1.82, 2.24) is 20.4 Å². The largest absolute Gasteiger partial charge is 0.351 e. The van der Waals surface area contributed by atoms with Gasteiger partial charge in [-0.1, -0.05) is 24.3 Å². The second-order valence-electron chi connectivity index (χ2n) is 5.15. The molecule has 0 saturated carbocycles. The summed E-state index contributed by atoms with van der Waals surface area (Å²) < 4.78 is 1.73. The Labute approximate surface area is 118 Å². The minimum atomic E-state index is -0.151. The second kappa shape index (κ2) is 5.46. The van der Waals surface area contributed by atoms with E-state index in [0.717, 1.165) is 18.5 Å². The van der Waals surface area contributed by atoms with Crippen molar-refractivity contribution in [3.63, 3.8) is 0 Å². The molecule has 1 atom stereocenters. The van der Waals surface area contributed by atoms with Crippen LogP contribution in [-0.2, 0) is 31.4 Å². The summed E-state index contributed by atoms with van der Waals surface area (Å²) in [6, 6.07) is 8.10. The number of aromatic nitrogens is 2. The van der Waals surface area contributed by atoms with Gasteiger partial charge in [-0.25, -0.2) is 0 Å². The summed E-state index contributed by atoms with van der Waals surface area (Å²) in [5.41, 5.74) is 3.55. The van der Waals surface area contributed by atoms with Gasteiger partial charge in [0, 0.05) is 31.9 Å². The Bertz CT molecular complexity index is 620. The highest BCUT2D eigenvalue weighted by Gasteiger charge is 2.23. The lowest BCUT2D eigenvalue weighted by atomic mass is 9.95. The van der Waals surface area contributed by atoms with Gasteiger partial charge >= 0.3 is 0 Å². The first-order valence-corrected chi connectivity index (χ1v) is 6.78. The molecule has 0 radical (unpaired) electrons. The summed E-state index contributed by atoms with van der Waals surface area (Å²) in [5, 5.41) is 10.3. The topological polar surface area (TPSA) is 59.0 Å². The van der Waals surface area contributed by atoms with Crippen LogP contribution in [0.2, 0.25) is 0 Å². The zero-order valence-electron chi connectivity index (χ0n) is 11.5. The molecule has 5 heteroatoms. The van der Waals surface area contributed by atoms with E-state index in [1.54, 1.807) is 10.9 Å². The van der Waals surface area contributed by atoms with Gasteiger partial charge in [-0.3, -0.25) is 9.48 Å². The number of carbonyl (C=O) groups excluding carboxylic acids is 1. The Hall–Kier alpha value is -2.14. The van der Waals surface area contributed by atoms with Crippen LogP contribution in [0.4, 0.5) is 0 Å². The van der Waals surface area contributed by atoms with Crippen molar-refractivity contribution >= 4 is 5.91 Å². The van der Waals surface area contributed by atoms with E-state index in [9.17, 15) is 4.79 Å². The molecule has 2 aromatic rings. The van der Waals surface area contributed by atoms with E-state index in [2.05, 4.69) is 27.9 Å². The van der Waals surface area contributed by atoms with Gasteiger partial charge in [-0.15, -0.1) is 0 Å². The standard InChI is InChI=1S/C15H18N4O/c1-19-10-11(8-18-19)7-17-15(20)14-6-12-4-2-3-5-13(12)9-16-14/h2-5,8,10,14,16H,6-7,9H2,1H3,(H,17,20)/t14-/m1/s1. The number of amides is 1. The van der Waals surface area contributed by atoms with E-state index in [1.807, 2.05) is 25.4 Å². The lowest BCUT2D eigenvalue weighted by Gasteiger charge is -2.25. The summed E-state index contributed by atoms with van der Waals surface area (Å²) in [6.45, 7) is 1.27. The average molecular weight is 270 g/mol. The summed E-state index contributed by atoms with van der Waals surface area (Å²) in [5.74, 6) is 0.0448. The van der Waals surface area contributed by atoms with Gasteiger partial charge in [0.2, 0.25) is 5.91 Å². The van der Waals surface area contributed by atoms with Gasteiger partial charge in [0.05, 0.1) is 12.2 Å². The quantitative estimate of drug-likeness (QED) is 0.865. The molecule has 20 heavy (non-hydrogen) atoms. The van der Waals surface area contributed by atoms with Crippen LogP contribution in [0.15, 0.2) is 36.7 Å². The molecule has 0 bridgehead atoms. The Kier molecular flexibility index (Phi) is 3.52. The van der Waals surface area contributed by atoms with Crippen molar-refractivity contribution < 1.29 is 4.79 Å². The number of hydrogen-bond donors (Lipinski definition) is 2. The highest BCUT2D eigenvalue weighted by atomic mass is 16.2. The number of hydrogen-bond acceptors (Lipinski definition) is 3. The molecule has 0 unspecified atom stereocenters. The molecular weight excluding hydrogens is 252 g/mol. The minimum absolute atomic E-state index is 0.0448. The predicted molar refractivity (Wildman–Crippen MR) is 75.8 cm³/mol. The first-order chi connectivity index (χ1) is 9.72. The van der Waals surface area contributed by atoms with Crippen LogP contribution in [-0.4, -0.2) is 21.7 Å². The maximum absolute atomic E-state index is 12.2. The molecule has 2 N–H and O–H groups in total. The third-order valence-electron chi connectivity index (χ3n) is 3.62. The fourth-order valence-corrected chi connectivity index (χ4v) is 2.52. The molecule has 0 saturated heterocycles. The van der Waals surface area contributed by atoms with E-state index in [1.165, 1.54) is 11.1 Å². The zero-order valence-corrected chi connectivity index (χ0v) is 11.5. The first kappa shape index (κ1) is 12.9. The van der Waals surface area contributed by atoms with Crippen molar-refractivity contribution in [1.29, 1.82) is 0 Å². The van der Waals surface area contributed by atoms with Crippen molar-refractivity contribution in [3.8, 4) is 0 Å². The van der Waals surface area contributed by atoms with Crippen molar-refractivity contribution in [2.75, 3.05) is 0 Å². The molecule has 3 rings (SSSR count). The highest BCUT2D eigenvalue weighted by molar-refractivity contribution is 5.82. The summed E-state index contributed by atoms with van der Waals surface area (Å²) in [7, 11) is 1.87. The van der Waals surface area contributed by atoms with Crippen LogP contribution in [0, 0.1) is 0 Å². The second-order valence-corrected chi connectivity index (χ2v) is 5.15. The maximum atomic E-state index is 12.2. The molecule has 5 nitrogen and oxygen atoms in total. The number of benzene rings is 1. The Balaban J connectivity index is 1.59. The van der Waals surface area contributed by atoms with Gasteiger partial charge in [0.15, 0.2) is 0 Å². The lowest BCUT2D eigenvalue weighted by molar-refractivity contribution is -0.123. The van der Waals surface area contributed by atoms with Gasteiger partial charge in [-0.05, 0) is 17.5 Å². The molecule has 2 heterocycles. The van der Waals surface area contributed by atoms with Crippen LogP contribution >= 0.6 is 0 Å². The highest BCUT2D eigenvalue weighted by Crippen LogP contribution is 2.16. The van der Waals surface area contributed by atoms with Gasteiger partial charge in [-0.2, -0.15) is 5.10 Å². The number of aryl methyl sites for hydroxylation is 1. The van der Waals surface area contributed by atoms with Crippen LogP contribution in [0.5, 0.6) is 0 Å². The fraction of sp³-hybridized carbons (Fsp3) is 0.333. The molecule has 1 aliphatic heterocycles. The Morgan fingerprint density at radius 3 is 3.00 bits per heavy atom. The first-order valence-electron chi connectivity index (χ1n) is 6.78. The van der Waals surface area contributed by atoms with E-state index >= 15 is 0 Å². The molecule has 0 fully saturated rings. The summed E-state index contributed by atoms with van der Waals surface area (Å²) >= 11 is 0. The zero-order chi connectivity index (χ0) is 13.9. The molecule has 1 amide bonds. The summed E-state index contributed by atoms with van der Waals surface area (Å²) in [4.78, 5) is 12.2. The number of fused-ring (bicyclic) bond motifs is 1. The average Bonchev–Trinajstić information content (AvgIpc) is 2.90. The fourth-order valence-electron chi connectivity index (χ4n) is 2.52. The molecule has 0 aliphatic carbocycles. The predicted octanol–water partition coefficient (Wildman–Crippen LogP) is 0.751. The number of nitrogens with zero attached hydrogens (tertiary/aromatic N) is 2. The number of nitrogens with one attached hydrogen (secondary N) is 2. The van der Waals surface area contributed by atoms with Crippen LogP contribution in [0.3, 0.4) is 0 Å². The van der Waals surface area contributed by atoms with Crippen LogP contribution < -0.4 is 10.6 Å². The van der Waals surface area contributed by atoms with Crippen molar-refractivity contribution in [3.05, 3.63) is 53.3 Å². The van der Waals surface area contributed by atoms with E-state index in [4.69, 9.17) is 0 Å². The van der Waals surface area contributed by atoms with Gasteiger partial charge < -0.3 is 10.6 Å². The SMILES string of the molecule is Cn1cc(CNC(=O)[C@H]2Cc3ccccc3CN2)cn1. The number of rotatable bonds is 3. The lowest BCUT2D eigenvalue weighted by Crippen LogP contribution is -2.47. The van der Waals surface area contributed by atoms with Crippen LogP contribution in [0.1, 0.15) is 16.7 Å². The third-order valence-corrected chi connectivity index (χ3v) is 3.62. The Morgan fingerprint density at radius 1 is 1.45 bits per heavy atom. The monoisotopic (exact) mass is 270 g/mol. The molecular formula is C15H18N4O. The molecule has 1 aromatic carbocycles. The van der Waals surface area contributed by atoms with E-state index in [-0.39, 0.29) is 11.9 Å². The third kappa shape index (κ3) is 2.72. The summed E-state index contributed by atoms with van der Waals surface area (Å²) in [6.07, 6.45) is 4.42. The number of carbonyl (C=O) groups is 1. The maximum Gasteiger partial charge on any atom is 0.237 e. The Morgan fingerprint density at radius 2 is 2.25 bits per heavy atom.